The average molecular weight is 267 g/mol. The molecule has 0 fully saturated rings. The first kappa shape index (κ1) is 12.1. The molecule has 2 aromatic rings. The van der Waals surface area contributed by atoms with Crippen LogP contribution in [0.4, 0.5) is 5.69 Å². The second-order valence-electron chi connectivity index (χ2n) is 3.32. The van der Waals surface area contributed by atoms with Crippen molar-refractivity contribution < 1.29 is 4.79 Å². The molecule has 2 heterocycles. The van der Waals surface area contributed by atoms with Gasteiger partial charge in [-0.25, -0.2) is 9.78 Å². The third kappa shape index (κ3) is 2.83. The molecular formula is C10H7ClN4O3. The summed E-state index contributed by atoms with van der Waals surface area (Å²) in [4.78, 5) is 41.7. The van der Waals surface area contributed by atoms with Crippen LogP contribution >= 0.6 is 11.6 Å². The van der Waals surface area contributed by atoms with E-state index in [1.807, 2.05) is 4.98 Å². The molecule has 2 aromatic heterocycles. The Balaban J connectivity index is 2.27. The minimum atomic E-state index is -0.750. The fraction of sp³-hybridized carbons (Fsp3) is 0. The van der Waals surface area contributed by atoms with Crippen molar-refractivity contribution in [2.45, 2.75) is 0 Å². The van der Waals surface area contributed by atoms with Gasteiger partial charge < -0.3 is 10.3 Å². The number of carbonyl (C=O) groups is 1. The van der Waals surface area contributed by atoms with Crippen molar-refractivity contribution >= 4 is 23.2 Å². The molecule has 0 saturated carbocycles. The van der Waals surface area contributed by atoms with Crippen molar-refractivity contribution in [1.82, 2.24) is 15.0 Å². The van der Waals surface area contributed by atoms with Crippen LogP contribution in [0.2, 0.25) is 5.15 Å². The summed E-state index contributed by atoms with van der Waals surface area (Å²) in [5.74, 6) is -0.625. The Kier molecular flexibility index (Phi) is 3.24. The number of nitrogens with one attached hydrogen (secondary N) is 3. The number of aromatic nitrogens is 3. The Labute approximate surface area is 105 Å². The van der Waals surface area contributed by atoms with Gasteiger partial charge in [0.05, 0.1) is 0 Å². The molecule has 0 aliphatic rings. The second-order valence-corrected chi connectivity index (χ2v) is 3.71. The summed E-state index contributed by atoms with van der Waals surface area (Å²) in [5.41, 5.74) is -1.14. The highest BCUT2D eigenvalue weighted by atomic mass is 35.5. The van der Waals surface area contributed by atoms with Gasteiger partial charge in [-0.2, -0.15) is 0 Å². The number of nitrogens with zero attached hydrogens (tertiary/aromatic N) is 1. The van der Waals surface area contributed by atoms with E-state index in [-0.39, 0.29) is 10.8 Å². The highest BCUT2D eigenvalue weighted by molar-refractivity contribution is 6.29. The van der Waals surface area contributed by atoms with Gasteiger partial charge in [0.2, 0.25) is 0 Å². The molecule has 0 bridgehead atoms. The first-order valence-electron chi connectivity index (χ1n) is 4.81. The first-order valence-corrected chi connectivity index (χ1v) is 5.19. The molecule has 7 nitrogen and oxygen atoms in total. The van der Waals surface area contributed by atoms with E-state index in [9.17, 15) is 14.4 Å². The predicted octanol–water partition coefficient (Wildman–Crippen LogP) is 0.364. The van der Waals surface area contributed by atoms with E-state index in [2.05, 4.69) is 15.3 Å². The van der Waals surface area contributed by atoms with Crippen LogP contribution in [0, 0.1) is 0 Å². The van der Waals surface area contributed by atoms with E-state index in [1.54, 1.807) is 0 Å². The van der Waals surface area contributed by atoms with E-state index in [1.165, 1.54) is 18.3 Å². The smallest absolute Gasteiger partial charge is 0.321 e. The number of rotatable bonds is 2. The third-order valence-electron chi connectivity index (χ3n) is 1.99. The number of hydrogen-bond acceptors (Lipinski definition) is 4. The molecule has 3 N–H and O–H groups in total. The van der Waals surface area contributed by atoms with Gasteiger partial charge in [0.25, 0.3) is 11.5 Å². The van der Waals surface area contributed by atoms with Crippen LogP contribution in [-0.4, -0.2) is 20.9 Å². The SMILES string of the molecule is O=C(Nc1ccnc(Cl)c1)c1cc(=O)[nH]c(=O)[nH]1. The molecule has 0 aliphatic heterocycles. The molecule has 8 heteroatoms. The highest BCUT2D eigenvalue weighted by Gasteiger charge is 2.08. The maximum atomic E-state index is 11.7. The molecule has 18 heavy (non-hydrogen) atoms. The van der Waals surface area contributed by atoms with E-state index < -0.39 is 17.2 Å². The van der Waals surface area contributed by atoms with Crippen LogP contribution in [0.25, 0.3) is 0 Å². The Bertz CT molecular complexity index is 678. The minimum absolute atomic E-state index is 0.142. The van der Waals surface area contributed by atoms with Crippen molar-refractivity contribution in [2.24, 2.45) is 0 Å². The molecule has 0 atom stereocenters. The Morgan fingerprint density at radius 1 is 1.28 bits per heavy atom. The largest absolute Gasteiger partial charge is 0.326 e. The molecule has 0 spiro atoms. The lowest BCUT2D eigenvalue weighted by Gasteiger charge is -2.04. The maximum absolute atomic E-state index is 11.7. The quantitative estimate of drug-likeness (QED) is 0.682. The van der Waals surface area contributed by atoms with Crippen molar-refractivity contribution in [3.8, 4) is 0 Å². The maximum Gasteiger partial charge on any atom is 0.326 e. The number of halogens is 1. The van der Waals surface area contributed by atoms with Crippen molar-refractivity contribution in [2.75, 3.05) is 5.32 Å². The summed E-state index contributed by atoms with van der Waals surface area (Å²) in [5, 5.41) is 2.68. The number of H-pyrrole nitrogens is 2. The lowest BCUT2D eigenvalue weighted by atomic mass is 10.3. The monoisotopic (exact) mass is 266 g/mol. The number of anilines is 1. The lowest BCUT2D eigenvalue weighted by molar-refractivity contribution is 0.102. The van der Waals surface area contributed by atoms with Crippen LogP contribution in [0.3, 0.4) is 0 Å². The van der Waals surface area contributed by atoms with Gasteiger partial charge in [0.1, 0.15) is 10.8 Å². The zero-order valence-corrected chi connectivity index (χ0v) is 9.62. The van der Waals surface area contributed by atoms with Crippen LogP contribution in [0.5, 0.6) is 0 Å². The first-order chi connectivity index (χ1) is 8.54. The molecule has 0 radical (unpaired) electrons. The van der Waals surface area contributed by atoms with Crippen molar-refractivity contribution in [1.29, 1.82) is 0 Å². The van der Waals surface area contributed by atoms with Crippen molar-refractivity contribution in [3.05, 3.63) is 56.1 Å². The number of pyridine rings is 1. The van der Waals surface area contributed by atoms with E-state index in [0.29, 0.717) is 5.69 Å². The summed E-state index contributed by atoms with van der Waals surface area (Å²) < 4.78 is 0. The van der Waals surface area contributed by atoms with Gasteiger partial charge in [-0.15, -0.1) is 0 Å². The number of aromatic amines is 2. The van der Waals surface area contributed by atoms with Crippen LogP contribution in [-0.2, 0) is 0 Å². The Morgan fingerprint density at radius 2 is 2.06 bits per heavy atom. The zero-order chi connectivity index (χ0) is 13.1. The van der Waals surface area contributed by atoms with E-state index in [0.717, 1.165) is 6.07 Å². The van der Waals surface area contributed by atoms with Gasteiger partial charge >= 0.3 is 5.69 Å². The van der Waals surface area contributed by atoms with Gasteiger partial charge in [0, 0.05) is 18.0 Å². The Morgan fingerprint density at radius 3 is 2.72 bits per heavy atom. The molecule has 92 valence electrons. The molecule has 0 saturated heterocycles. The number of hydrogen-bond donors (Lipinski definition) is 3. The average Bonchev–Trinajstić information content (AvgIpc) is 2.27. The number of amides is 1. The van der Waals surface area contributed by atoms with Crippen LogP contribution in [0.15, 0.2) is 34.0 Å². The molecule has 0 aliphatic carbocycles. The standard InChI is InChI=1S/C10H7ClN4O3/c11-7-3-5(1-2-12-7)13-9(17)6-4-8(16)15-10(18)14-6/h1-4H,(H,12,13,17)(H2,14,15,16,18). The molecular weight excluding hydrogens is 260 g/mol. The topological polar surface area (TPSA) is 108 Å². The third-order valence-corrected chi connectivity index (χ3v) is 2.20. The van der Waals surface area contributed by atoms with Gasteiger partial charge in [-0.3, -0.25) is 14.6 Å². The van der Waals surface area contributed by atoms with Crippen LogP contribution < -0.4 is 16.6 Å². The molecule has 2 rings (SSSR count). The predicted molar refractivity (Wildman–Crippen MR) is 64.9 cm³/mol. The fourth-order valence-electron chi connectivity index (χ4n) is 1.27. The second kappa shape index (κ2) is 4.84. The zero-order valence-electron chi connectivity index (χ0n) is 8.86. The van der Waals surface area contributed by atoms with E-state index in [4.69, 9.17) is 11.6 Å². The summed E-state index contributed by atoms with van der Waals surface area (Å²) >= 11 is 5.65. The minimum Gasteiger partial charge on any atom is -0.321 e. The normalized spacial score (nSPS) is 10.1. The summed E-state index contributed by atoms with van der Waals surface area (Å²) in [7, 11) is 0. The molecule has 0 unspecified atom stereocenters. The Hall–Kier alpha value is -2.41. The summed E-state index contributed by atoms with van der Waals surface area (Å²) in [6.45, 7) is 0. The van der Waals surface area contributed by atoms with Crippen molar-refractivity contribution in [3.63, 3.8) is 0 Å². The van der Waals surface area contributed by atoms with Gasteiger partial charge in [-0.1, -0.05) is 11.6 Å². The van der Waals surface area contributed by atoms with Gasteiger partial charge in [0.15, 0.2) is 0 Å². The molecule has 0 aromatic carbocycles. The van der Waals surface area contributed by atoms with Crippen LogP contribution in [0.1, 0.15) is 10.5 Å². The summed E-state index contributed by atoms with van der Waals surface area (Å²) in [6, 6.07) is 3.94. The fourth-order valence-corrected chi connectivity index (χ4v) is 1.44. The van der Waals surface area contributed by atoms with Gasteiger partial charge in [-0.05, 0) is 12.1 Å². The van der Waals surface area contributed by atoms with E-state index >= 15 is 0 Å². The molecule has 1 amide bonds. The summed E-state index contributed by atoms with van der Waals surface area (Å²) in [6.07, 6.45) is 1.42. The lowest BCUT2D eigenvalue weighted by Crippen LogP contribution is -2.27. The highest BCUT2D eigenvalue weighted by Crippen LogP contribution is 2.12. The number of carbonyl (C=O) groups excluding carboxylic acids is 1.